The second kappa shape index (κ2) is 10.1. The monoisotopic (exact) mass is 498 g/mol. The van der Waals surface area contributed by atoms with Crippen LogP contribution < -0.4 is 15.4 Å². The standard InChI is InChI=1S/C21H30N4O6S2/c1-20(2,3)17(26)24-18-22-16(12-32-18)15(23-19(27)31-21(4,5)6)11-13-7-9-14(10-8-13)25-33(28,29)30/h7-10,12,15,25H,11H2,1-6H3,(H,23,27)(H,22,24,26)(H,28,29,30)/t15-/m0/s1. The van der Waals surface area contributed by atoms with Crippen molar-refractivity contribution in [1.82, 2.24) is 10.3 Å². The minimum absolute atomic E-state index is 0.179. The second-order valence-electron chi connectivity index (χ2n) is 9.46. The van der Waals surface area contributed by atoms with Crippen LogP contribution in [0.2, 0.25) is 0 Å². The molecule has 1 atom stereocenters. The SMILES string of the molecule is CC(C)(C)OC(=O)N[C@@H](Cc1ccc(NS(=O)(=O)O)cc1)c1csc(NC(=O)C(C)(C)C)n1. The Kier molecular flexibility index (Phi) is 8.09. The van der Waals surface area contributed by atoms with E-state index in [1.807, 2.05) is 4.72 Å². The van der Waals surface area contributed by atoms with Crippen molar-refractivity contribution >= 4 is 44.5 Å². The summed E-state index contributed by atoms with van der Waals surface area (Å²) in [6.45, 7) is 10.7. The van der Waals surface area contributed by atoms with E-state index in [9.17, 15) is 18.0 Å². The van der Waals surface area contributed by atoms with Crippen molar-refractivity contribution in [2.45, 2.75) is 59.6 Å². The molecule has 0 saturated heterocycles. The van der Waals surface area contributed by atoms with Gasteiger partial charge in [0.15, 0.2) is 5.13 Å². The largest absolute Gasteiger partial charge is 0.444 e. The number of rotatable bonds is 7. The predicted octanol–water partition coefficient (Wildman–Crippen LogP) is 4.15. The summed E-state index contributed by atoms with van der Waals surface area (Å²) in [4.78, 5) is 29.2. The maximum atomic E-state index is 12.4. The van der Waals surface area contributed by atoms with E-state index in [-0.39, 0.29) is 11.6 Å². The number of aromatic nitrogens is 1. The van der Waals surface area contributed by atoms with Gasteiger partial charge in [0.1, 0.15) is 5.60 Å². The van der Waals surface area contributed by atoms with Crippen molar-refractivity contribution in [1.29, 1.82) is 0 Å². The topological polar surface area (TPSA) is 147 Å². The summed E-state index contributed by atoms with van der Waals surface area (Å²) in [6.07, 6.45) is -0.299. The highest BCUT2D eigenvalue weighted by Crippen LogP contribution is 2.26. The molecule has 12 heteroatoms. The van der Waals surface area contributed by atoms with Crippen LogP contribution in [0.4, 0.5) is 15.6 Å². The van der Waals surface area contributed by atoms with Gasteiger partial charge in [-0.05, 0) is 44.9 Å². The molecule has 0 fully saturated rings. The van der Waals surface area contributed by atoms with Crippen LogP contribution in [-0.4, -0.2) is 35.6 Å². The molecule has 0 aliphatic heterocycles. The molecule has 0 bridgehead atoms. The highest BCUT2D eigenvalue weighted by atomic mass is 32.2. The Morgan fingerprint density at radius 3 is 2.24 bits per heavy atom. The molecule has 1 heterocycles. The smallest absolute Gasteiger partial charge is 0.408 e. The van der Waals surface area contributed by atoms with Gasteiger partial charge in [0, 0.05) is 10.8 Å². The van der Waals surface area contributed by atoms with Crippen LogP contribution in [0.25, 0.3) is 0 Å². The highest BCUT2D eigenvalue weighted by Gasteiger charge is 2.25. The number of hydrogen-bond donors (Lipinski definition) is 4. The Labute approximate surface area is 198 Å². The highest BCUT2D eigenvalue weighted by molar-refractivity contribution is 7.87. The number of nitrogens with one attached hydrogen (secondary N) is 3. The molecule has 10 nitrogen and oxygen atoms in total. The van der Waals surface area contributed by atoms with Gasteiger partial charge in [-0.3, -0.25) is 14.1 Å². The first-order valence-corrected chi connectivity index (χ1v) is 12.4. The summed E-state index contributed by atoms with van der Waals surface area (Å²) in [5.74, 6) is -0.179. The molecule has 1 aromatic carbocycles. The zero-order valence-corrected chi connectivity index (χ0v) is 21.1. The number of thiazole rings is 1. The first-order valence-electron chi connectivity index (χ1n) is 10.1. The summed E-state index contributed by atoms with van der Waals surface area (Å²) in [7, 11) is -4.37. The third kappa shape index (κ3) is 9.36. The van der Waals surface area contributed by atoms with Crippen LogP contribution >= 0.6 is 11.3 Å². The van der Waals surface area contributed by atoms with Crippen molar-refractivity contribution in [3.05, 3.63) is 40.9 Å². The minimum atomic E-state index is -4.37. The summed E-state index contributed by atoms with van der Waals surface area (Å²) in [5, 5.41) is 7.74. The lowest BCUT2D eigenvalue weighted by molar-refractivity contribution is -0.123. The molecular formula is C21H30N4O6S2. The Hall–Kier alpha value is -2.70. The summed E-state index contributed by atoms with van der Waals surface area (Å²) >= 11 is 1.24. The normalized spacial score (nSPS) is 13.2. The molecule has 4 N–H and O–H groups in total. The predicted molar refractivity (Wildman–Crippen MR) is 128 cm³/mol. The van der Waals surface area contributed by atoms with Gasteiger partial charge in [-0.25, -0.2) is 9.78 Å². The van der Waals surface area contributed by atoms with E-state index in [4.69, 9.17) is 9.29 Å². The van der Waals surface area contributed by atoms with Gasteiger partial charge < -0.3 is 15.4 Å². The summed E-state index contributed by atoms with van der Waals surface area (Å²) < 4.78 is 38.2. The Morgan fingerprint density at radius 1 is 1.12 bits per heavy atom. The van der Waals surface area contributed by atoms with Gasteiger partial charge in [-0.15, -0.1) is 11.3 Å². The Morgan fingerprint density at radius 2 is 1.73 bits per heavy atom. The lowest BCUT2D eigenvalue weighted by Crippen LogP contribution is -2.36. The molecule has 33 heavy (non-hydrogen) atoms. The van der Waals surface area contributed by atoms with Crippen LogP contribution in [-0.2, 0) is 26.3 Å². The van der Waals surface area contributed by atoms with Crippen LogP contribution in [0.5, 0.6) is 0 Å². The summed E-state index contributed by atoms with van der Waals surface area (Å²) in [6, 6.07) is 5.72. The average Bonchev–Trinajstić information content (AvgIpc) is 3.07. The van der Waals surface area contributed by atoms with Gasteiger partial charge in [-0.2, -0.15) is 8.42 Å². The lowest BCUT2D eigenvalue weighted by atomic mass is 9.96. The van der Waals surface area contributed by atoms with Gasteiger partial charge >= 0.3 is 16.4 Å². The molecule has 0 aliphatic carbocycles. The number of amides is 2. The molecule has 1 aromatic heterocycles. The zero-order valence-electron chi connectivity index (χ0n) is 19.4. The number of carbonyl (C=O) groups excluding carboxylic acids is 2. The molecular weight excluding hydrogens is 468 g/mol. The van der Waals surface area contributed by atoms with E-state index in [1.54, 1.807) is 59.1 Å². The lowest BCUT2D eigenvalue weighted by Gasteiger charge is -2.23. The summed E-state index contributed by atoms with van der Waals surface area (Å²) in [5.41, 5.74) is 0.225. The van der Waals surface area contributed by atoms with Crippen LogP contribution in [0.3, 0.4) is 0 Å². The molecule has 182 valence electrons. The Bertz CT molecular complexity index is 1080. The van der Waals surface area contributed by atoms with Crippen LogP contribution in [0.1, 0.15) is 58.8 Å². The third-order valence-corrected chi connectivity index (χ3v) is 5.38. The zero-order chi connectivity index (χ0) is 25.0. The number of benzene rings is 1. The number of ether oxygens (including phenoxy) is 1. The maximum Gasteiger partial charge on any atom is 0.408 e. The van der Waals surface area contributed by atoms with Crippen LogP contribution in [0, 0.1) is 5.41 Å². The number of alkyl carbamates (subject to hydrolysis) is 1. The first kappa shape index (κ1) is 26.6. The first-order chi connectivity index (χ1) is 15.0. The molecule has 0 aliphatic rings. The Balaban J connectivity index is 2.24. The van der Waals surface area contributed by atoms with Gasteiger partial charge in [0.05, 0.1) is 17.4 Å². The van der Waals surface area contributed by atoms with Crippen molar-refractivity contribution in [3.63, 3.8) is 0 Å². The number of carbonyl (C=O) groups is 2. The number of hydrogen-bond acceptors (Lipinski definition) is 7. The second-order valence-corrected chi connectivity index (χ2v) is 11.5. The molecule has 0 spiro atoms. The molecule has 2 aromatic rings. The molecule has 0 saturated carbocycles. The molecule has 2 amide bonds. The third-order valence-electron chi connectivity index (χ3n) is 4.11. The molecule has 0 unspecified atom stereocenters. The average molecular weight is 499 g/mol. The van der Waals surface area contributed by atoms with E-state index in [1.165, 1.54) is 23.5 Å². The molecule has 2 rings (SSSR count). The number of nitrogens with zero attached hydrogens (tertiary/aromatic N) is 1. The fourth-order valence-electron chi connectivity index (χ4n) is 2.56. The quantitative estimate of drug-likeness (QED) is 0.419. The van der Waals surface area contributed by atoms with Crippen LogP contribution in [0.15, 0.2) is 29.6 Å². The minimum Gasteiger partial charge on any atom is -0.444 e. The van der Waals surface area contributed by atoms with Crippen molar-refractivity contribution in [2.75, 3.05) is 10.0 Å². The molecule has 0 radical (unpaired) electrons. The van der Waals surface area contributed by atoms with E-state index < -0.39 is 33.5 Å². The van der Waals surface area contributed by atoms with Crippen molar-refractivity contribution in [3.8, 4) is 0 Å². The van der Waals surface area contributed by atoms with Gasteiger partial charge in [0.25, 0.3) is 0 Å². The van der Waals surface area contributed by atoms with Gasteiger partial charge in [0.2, 0.25) is 5.91 Å². The fraction of sp³-hybridized carbons (Fsp3) is 0.476. The van der Waals surface area contributed by atoms with Gasteiger partial charge in [-0.1, -0.05) is 32.9 Å². The van der Waals surface area contributed by atoms with E-state index in [2.05, 4.69) is 15.6 Å². The van der Waals surface area contributed by atoms with E-state index >= 15 is 0 Å². The maximum absolute atomic E-state index is 12.4. The van der Waals surface area contributed by atoms with E-state index in [0.29, 0.717) is 17.2 Å². The van der Waals surface area contributed by atoms with E-state index in [0.717, 1.165) is 5.56 Å². The number of anilines is 2. The van der Waals surface area contributed by atoms with Crippen molar-refractivity contribution in [2.24, 2.45) is 5.41 Å². The van der Waals surface area contributed by atoms with Crippen molar-refractivity contribution < 1.29 is 27.3 Å². The fourth-order valence-corrected chi connectivity index (χ4v) is 3.75.